The summed E-state index contributed by atoms with van der Waals surface area (Å²) in [7, 11) is 0. The SMILES string of the molecule is C=C/C=C\C(=C/C)Cn1cc(-c2c[nH]c3ncc(-c4cn[nH]c4)cc23)cn1. The van der Waals surface area contributed by atoms with E-state index in [1.807, 2.05) is 48.5 Å². The molecule has 6 heteroatoms. The highest BCUT2D eigenvalue weighted by Crippen LogP contribution is 2.30. The van der Waals surface area contributed by atoms with Crippen molar-refractivity contribution in [1.29, 1.82) is 0 Å². The van der Waals surface area contributed by atoms with Crippen molar-refractivity contribution in [3.63, 3.8) is 0 Å². The number of aromatic amines is 2. The van der Waals surface area contributed by atoms with Gasteiger partial charge in [0.05, 0.1) is 18.9 Å². The lowest BCUT2D eigenvalue weighted by molar-refractivity contribution is 0.685. The van der Waals surface area contributed by atoms with Crippen molar-refractivity contribution in [2.24, 2.45) is 0 Å². The number of rotatable bonds is 6. The number of nitrogens with one attached hydrogen (secondary N) is 2. The standard InChI is InChI=1S/C21H20N6/c1-3-5-6-15(4-2)13-27-14-18(11-26-27)20-12-23-21-19(20)7-16(8-22-21)17-9-24-25-10-17/h3-12,14H,1,13H2,2H3,(H,22,23)(H,24,25)/b6-5-,15-4+. The van der Waals surface area contributed by atoms with Crippen LogP contribution in [0.1, 0.15) is 6.92 Å². The highest BCUT2D eigenvalue weighted by atomic mass is 15.3. The van der Waals surface area contributed by atoms with E-state index in [4.69, 9.17) is 0 Å². The molecule has 0 aliphatic rings. The quantitative estimate of drug-likeness (QED) is 0.499. The van der Waals surface area contributed by atoms with Gasteiger partial charge in [-0.25, -0.2) is 4.98 Å². The van der Waals surface area contributed by atoms with E-state index in [1.54, 1.807) is 12.3 Å². The van der Waals surface area contributed by atoms with Crippen LogP contribution in [0.15, 0.2) is 79.7 Å². The summed E-state index contributed by atoms with van der Waals surface area (Å²) in [5.41, 5.74) is 6.20. The number of H-pyrrole nitrogens is 2. The first-order chi connectivity index (χ1) is 13.3. The molecule has 4 aromatic heterocycles. The maximum absolute atomic E-state index is 4.53. The van der Waals surface area contributed by atoms with Crippen LogP contribution < -0.4 is 0 Å². The highest BCUT2D eigenvalue weighted by molar-refractivity contribution is 5.95. The lowest BCUT2D eigenvalue weighted by Crippen LogP contribution is -1.99. The predicted molar refractivity (Wildman–Crippen MR) is 108 cm³/mol. The molecular formula is C21H20N6. The Morgan fingerprint density at radius 3 is 2.89 bits per heavy atom. The summed E-state index contributed by atoms with van der Waals surface area (Å²) < 4.78 is 1.93. The lowest BCUT2D eigenvalue weighted by atomic mass is 10.1. The van der Waals surface area contributed by atoms with Gasteiger partial charge in [-0.1, -0.05) is 30.9 Å². The summed E-state index contributed by atoms with van der Waals surface area (Å²) in [6, 6.07) is 2.13. The van der Waals surface area contributed by atoms with Crippen molar-refractivity contribution >= 4 is 11.0 Å². The van der Waals surface area contributed by atoms with E-state index in [1.165, 1.54) is 5.57 Å². The Morgan fingerprint density at radius 2 is 2.11 bits per heavy atom. The second kappa shape index (κ2) is 7.29. The molecule has 6 nitrogen and oxygen atoms in total. The zero-order valence-electron chi connectivity index (χ0n) is 15.1. The molecule has 0 saturated carbocycles. The first-order valence-corrected chi connectivity index (χ1v) is 8.72. The molecule has 0 aromatic carbocycles. The van der Waals surface area contributed by atoms with Gasteiger partial charge in [-0.3, -0.25) is 9.78 Å². The molecular weight excluding hydrogens is 336 g/mol. The van der Waals surface area contributed by atoms with E-state index in [9.17, 15) is 0 Å². The van der Waals surface area contributed by atoms with Crippen LogP contribution in [0.4, 0.5) is 0 Å². The number of fused-ring (bicyclic) bond motifs is 1. The maximum Gasteiger partial charge on any atom is 0.137 e. The van der Waals surface area contributed by atoms with Gasteiger partial charge in [0.1, 0.15) is 5.65 Å². The Balaban J connectivity index is 1.67. The fourth-order valence-corrected chi connectivity index (χ4v) is 3.02. The molecule has 0 bridgehead atoms. The Hall–Kier alpha value is -3.67. The molecule has 134 valence electrons. The lowest BCUT2D eigenvalue weighted by Gasteiger charge is -2.02. The van der Waals surface area contributed by atoms with Gasteiger partial charge < -0.3 is 4.98 Å². The molecule has 0 saturated heterocycles. The fourth-order valence-electron chi connectivity index (χ4n) is 3.02. The minimum absolute atomic E-state index is 0.710. The molecule has 0 amide bonds. The molecule has 0 spiro atoms. The van der Waals surface area contributed by atoms with Crippen LogP contribution >= 0.6 is 0 Å². The van der Waals surface area contributed by atoms with Crippen molar-refractivity contribution in [2.45, 2.75) is 13.5 Å². The van der Waals surface area contributed by atoms with Crippen LogP contribution in [-0.2, 0) is 6.54 Å². The average Bonchev–Trinajstić information content (AvgIpc) is 3.44. The van der Waals surface area contributed by atoms with Gasteiger partial charge >= 0.3 is 0 Å². The Morgan fingerprint density at radius 1 is 1.19 bits per heavy atom. The molecule has 0 fully saturated rings. The number of nitrogens with zero attached hydrogens (tertiary/aromatic N) is 4. The van der Waals surface area contributed by atoms with Crippen LogP contribution in [-0.4, -0.2) is 29.9 Å². The van der Waals surface area contributed by atoms with Gasteiger partial charge in [0, 0.05) is 52.4 Å². The summed E-state index contributed by atoms with van der Waals surface area (Å²) in [4.78, 5) is 7.78. The molecule has 2 N–H and O–H groups in total. The summed E-state index contributed by atoms with van der Waals surface area (Å²) >= 11 is 0. The molecule has 4 rings (SSSR count). The maximum atomic E-state index is 4.53. The van der Waals surface area contributed by atoms with Crippen molar-refractivity contribution < 1.29 is 0 Å². The van der Waals surface area contributed by atoms with Crippen molar-refractivity contribution in [1.82, 2.24) is 29.9 Å². The van der Waals surface area contributed by atoms with Gasteiger partial charge in [-0.05, 0) is 18.6 Å². The summed E-state index contributed by atoms with van der Waals surface area (Å²) in [5.74, 6) is 0. The van der Waals surface area contributed by atoms with E-state index in [-0.39, 0.29) is 0 Å². The van der Waals surface area contributed by atoms with Gasteiger partial charge in [-0.15, -0.1) is 0 Å². The van der Waals surface area contributed by atoms with Crippen molar-refractivity contribution in [3.05, 3.63) is 79.7 Å². The second-order valence-corrected chi connectivity index (χ2v) is 6.19. The molecule has 0 unspecified atom stereocenters. The second-order valence-electron chi connectivity index (χ2n) is 6.19. The Bertz CT molecular complexity index is 1120. The van der Waals surface area contributed by atoms with Crippen molar-refractivity contribution in [3.8, 4) is 22.3 Å². The third kappa shape index (κ3) is 3.37. The highest BCUT2D eigenvalue weighted by Gasteiger charge is 2.11. The zero-order valence-corrected chi connectivity index (χ0v) is 15.1. The minimum Gasteiger partial charge on any atom is -0.346 e. The first kappa shape index (κ1) is 16.8. The molecule has 0 aliphatic heterocycles. The minimum atomic E-state index is 0.710. The summed E-state index contributed by atoms with van der Waals surface area (Å²) in [6.45, 7) is 6.45. The van der Waals surface area contributed by atoms with Gasteiger partial charge in [-0.2, -0.15) is 10.2 Å². The van der Waals surface area contributed by atoms with Gasteiger partial charge in [0.25, 0.3) is 0 Å². The van der Waals surface area contributed by atoms with Gasteiger partial charge in [0.15, 0.2) is 0 Å². The summed E-state index contributed by atoms with van der Waals surface area (Å²) in [6.07, 6.45) is 19.3. The first-order valence-electron chi connectivity index (χ1n) is 8.72. The molecule has 0 radical (unpaired) electrons. The zero-order chi connectivity index (χ0) is 18.6. The molecule has 0 aliphatic carbocycles. The Labute approximate surface area is 157 Å². The number of aromatic nitrogens is 6. The third-order valence-corrected chi connectivity index (χ3v) is 4.47. The molecule has 4 aromatic rings. The van der Waals surface area contributed by atoms with E-state index in [2.05, 4.69) is 50.2 Å². The van der Waals surface area contributed by atoms with Crippen LogP contribution in [0.2, 0.25) is 0 Å². The van der Waals surface area contributed by atoms with Crippen LogP contribution in [0, 0.1) is 0 Å². The molecule has 27 heavy (non-hydrogen) atoms. The molecule has 0 atom stereocenters. The number of pyridine rings is 1. The van der Waals surface area contributed by atoms with E-state index in [0.29, 0.717) is 6.54 Å². The molecule has 4 heterocycles. The smallest absolute Gasteiger partial charge is 0.137 e. The number of allylic oxidation sites excluding steroid dienone is 5. The van der Waals surface area contributed by atoms with E-state index < -0.39 is 0 Å². The van der Waals surface area contributed by atoms with Gasteiger partial charge in [0.2, 0.25) is 0 Å². The van der Waals surface area contributed by atoms with E-state index in [0.717, 1.165) is 33.3 Å². The topological polar surface area (TPSA) is 75.2 Å². The van der Waals surface area contributed by atoms with Crippen molar-refractivity contribution in [2.75, 3.05) is 0 Å². The number of hydrogen-bond acceptors (Lipinski definition) is 3. The normalized spacial score (nSPS) is 12.3. The monoisotopic (exact) mass is 356 g/mol. The van der Waals surface area contributed by atoms with Crippen LogP contribution in [0.5, 0.6) is 0 Å². The number of hydrogen-bond donors (Lipinski definition) is 2. The van der Waals surface area contributed by atoms with Crippen LogP contribution in [0.3, 0.4) is 0 Å². The fraction of sp³-hybridized carbons (Fsp3) is 0.0952. The third-order valence-electron chi connectivity index (χ3n) is 4.47. The van der Waals surface area contributed by atoms with Crippen LogP contribution in [0.25, 0.3) is 33.3 Å². The van der Waals surface area contributed by atoms with E-state index >= 15 is 0 Å². The average molecular weight is 356 g/mol. The predicted octanol–water partition coefficient (Wildman–Crippen LogP) is 4.51. The largest absolute Gasteiger partial charge is 0.346 e. The Kier molecular flexibility index (Phi) is 4.53. The summed E-state index contributed by atoms with van der Waals surface area (Å²) in [5, 5.41) is 12.4.